The van der Waals surface area contributed by atoms with Crippen molar-refractivity contribution in [1.82, 2.24) is 0 Å². The molecule has 0 atom stereocenters. The summed E-state index contributed by atoms with van der Waals surface area (Å²) in [5, 5.41) is 30.4. The Morgan fingerprint density at radius 3 is 2.18 bits per heavy atom. The summed E-state index contributed by atoms with van der Waals surface area (Å²) < 4.78 is 0. The quantitative estimate of drug-likeness (QED) is 0.466. The molecule has 0 saturated carbocycles. The Labute approximate surface area is 166 Å². The minimum Gasteiger partial charge on any atom is -0.506 e. The van der Waals surface area contributed by atoms with Crippen molar-refractivity contribution in [3.05, 3.63) is 60.2 Å². The molecule has 0 aromatic heterocycles. The summed E-state index contributed by atoms with van der Waals surface area (Å²) >= 11 is 0. The van der Waals surface area contributed by atoms with Gasteiger partial charge in [0.1, 0.15) is 22.9 Å². The fourth-order valence-electron chi connectivity index (χ4n) is 3.91. The summed E-state index contributed by atoms with van der Waals surface area (Å²) in [5.74, 6) is 0.116. The van der Waals surface area contributed by atoms with Crippen LogP contribution < -0.4 is 0 Å². The molecule has 0 saturated heterocycles. The molecule has 2 N–H and O–H groups in total. The molecule has 0 aliphatic heterocycles. The first-order valence-electron chi connectivity index (χ1n) is 9.53. The number of para-hydroxylation sites is 1. The Hall–Kier alpha value is -2.88. The van der Waals surface area contributed by atoms with Gasteiger partial charge in [0, 0.05) is 5.39 Å². The van der Waals surface area contributed by atoms with Crippen LogP contribution in [0.25, 0.3) is 10.8 Å². The highest BCUT2D eigenvalue weighted by molar-refractivity contribution is 5.95. The number of azo groups is 1. The van der Waals surface area contributed by atoms with Gasteiger partial charge in [0.2, 0.25) is 0 Å². The van der Waals surface area contributed by atoms with Gasteiger partial charge in [0.05, 0.1) is 0 Å². The zero-order chi connectivity index (χ0) is 20.5. The minimum atomic E-state index is 0.0296. The van der Waals surface area contributed by atoms with E-state index in [0.717, 1.165) is 17.2 Å². The predicted octanol–water partition coefficient (Wildman–Crippen LogP) is 7.38. The first-order chi connectivity index (χ1) is 13.1. The Kier molecular flexibility index (Phi) is 5.16. The molecule has 0 heterocycles. The monoisotopic (exact) mass is 376 g/mol. The Bertz CT molecular complexity index is 1030. The van der Waals surface area contributed by atoms with Crippen molar-refractivity contribution >= 4 is 22.1 Å². The van der Waals surface area contributed by atoms with Gasteiger partial charge in [-0.05, 0) is 46.4 Å². The van der Waals surface area contributed by atoms with E-state index in [1.807, 2.05) is 12.1 Å². The lowest BCUT2D eigenvalue weighted by Crippen LogP contribution is -2.24. The van der Waals surface area contributed by atoms with Gasteiger partial charge in [-0.2, -0.15) is 0 Å². The van der Waals surface area contributed by atoms with E-state index in [4.69, 9.17) is 0 Å². The lowest BCUT2D eigenvalue weighted by atomic mass is 9.72. The van der Waals surface area contributed by atoms with E-state index in [1.54, 1.807) is 30.3 Å². The molecule has 4 heteroatoms. The molecule has 0 bridgehead atoms. The third-order valence-corrected chi connectivity index (χ3v) is 4.86. The maximum atomic E-state index is 10.3. The zero-order valence-electron chi connectivity index (χ0n) is 17.2. The van der Waals surface area contributed by atoms with Gasteiger partial charge >= 0.3 is 0 Å². The molecule has 0 unspecified atom stereocenters. The van der Waals surface area contributed by atoms with Crippen molar-refractivity contribution in [2.24, 2.45) is 15.6 Å². The van der Waals surface area contributed by atoms with Crippen LogP contribution in [0.2, 0.25) is 0 Å². The second-order valence-corrected chi connectivity index (χ2v) is 9.18. The smallest absolute Gasteiger partial charge is 0.143 e. The fourth-order valence-corrected chi connectivity index (χ4v) is 3.91. The van der Waals surface area contributed by atoms with Gasteiger partial charge < -0.3 is 10.2 Å². The van der Waals surface area contributed by atoms with E-state index >= 15 is 0 Å². The Morgan fingerprint density at radius 2 is 1.50 bits per heavy atom. The van der Waals surface area contributed by atoms with Gasteiger partial charge in [-0.15, -0.1) is 10.2 Å². The van der Waals surface area contributed by atoms with Crippen molar-refractivity contribution in [1.29, 1.82) is 0 Å². The number of aromatic hydroxyl groups is 2. The van der Waals surface area contributed by atoms with Crippen LogP contribution in [0.1, 0.15) is 46.6 Å². The van der Waals surface area contributed by atoms with Crippen LogP contribution in [0.3, 0.4) is 0 Å². The molecule has 0 aliphatic rings. The molecular formula is C24H28N2O2. The van der Waals surface area contributed by atoms with E-state index < -0.39 is 0 Å². The lowest BCUT2D eigenvalue weighted by molar-refractivity contribution is 0.284. The van der Waals surface area contributed by atoms with E-state index in [2.05, 4.69) is 57.0 Å². The molecule has 0 amide bonds. The van der Waals surface area contributed by atoms with E-state index in [1.165, 1.54) is 5.56 Å². The van der Waals surface area contributed by atoms with Crippen LogP contribution in [0.15, 0.2) is 64.8 Å². The number of rotatable bonds is 4. The van der Waals surface area contributed by atoms with Crippen LogP contribution in [-0.2, 0) is 5.41 Å². The normalized spacial score (nSPS) is 12.8. The first kappa shape index (κ1) is 19.9. The second-order valence-electron chi connectivity index (χ2n) is 9.18. The third kappa shape index (κ3) is 4.33. The summed E-state index contributed by atoms with van der Waals surface area (Å²) in [7, 11) is 0. The van der Waals surface area contributed by atoms with Crippen molar-refractivity contribution < 1.29 is 10.2 Å². The van der Waals surface area contributed by atoms with Gasteiger partial charge in [-0.1, -0.05) is 71.0 Å². The Morgan fingerprint density at radius 1 is 0.786 bits per heavy atom. The molecule has 4 nitrogen and oxygen atoms in total. The highest BCUT2D eigenvalue weighted by Gasteiger charge is 2.27. The van der Waals surface area contributed by atoms with Crippen LogP contribution in [0.4, 0.5) is 11.4 Å². The SMILES string of the molecule is CC(C)(C)CC(C)(C)c1ccc2c(N=Nc3ccccc3O)c(O)ccc2c1. The first-order valence-corrected chi connectivity index (χ1v) is 9.53. The molecule has 0 aliphatic carbocycles. The summed E-state index contributed by atoms with van der Waals surface area (Å²) in [6.07, 6.45) is 1.06. The van der Waals surface area contributed by atoms with Crippen LogP contribution in [-0.4, -0.2) is 10.2 Å². The molecule has 3 rings (SSSR count). The average Bonchev–Trinajstić information content (AvgIpc) is 2.60. The van der Waals surface area contributed by atoms with Gasteiger partial charge in [-0.25, -0.2) is 0 Å². The second kappa shape index (κ2) is 7.27. The largest absolute Gasteiger partial charge is 0.506 e. The van der Waals surface area contributed by atoms with Crippen LogP contribution in [0.5, 0.6) is 11.5 Å². The van der Waals surface area contributed by atoms with Gasteiger partial charge in [0.15, 0.2) is 0 Å². The Balaban J connectivity index is 2.04. The standard InChI is InChI=1S/C24H28N2O2/c1-23(2,3)15-24(4,5)17-11-12-18-16(14-17)10-13-21(28)22(18)26-25-19-8-6-7-9-20(19)27/h6-14,27-28H,15H2,1-5H3. The van der Waals surface area contributed by atoms with Crippen molar-refractivity contribution in [2.75, 3.05) is 0 Å². The fraction of sp³-hybridized carbons (Fsp3) is 0.333. The molecule has 0 radical (unpaired) electrons. The zero-order valence-corrected chi connectivity index (χ0v) is 17.2. The number of nitrogens with zero attached hydrogens (tertiary/aromatic N) is 2. The summed E-state index contributed by atoms with van der Waals surface area (Å²) in [5.41, 5.74) is 2.28. The predicted molar refractivity (Wildman–Crippen MR) is 115 cm³/mol. The number of benzene rings is 3. The van der Waals surface area contributed by atoms with Crippen molar-refractivity contribution in [2.45, 2.75) is 46.5 Å². The highest BCUT2D eigenvalue weighted by atomic mass is 16.3. The summed E-state index contributed by atoms with van der Waals surface area (Å²) in [6, 6.07) is 16.5. The van der Waals surface area contributed by atoms with Crippen molar-refractivity contribution in [3.63, 3.8) is 0 Å². The maximum absolute atomic E-state index is 10.3. The highest BCUT2D eigenvalue weighted by Crippen LogP contribution is 2.41. The molecule has 3 aromatic carbocycles. The van der Waals surface area contributed by atoms with Gasteiger partial charge in [-0.3, -0.25) is 0 Å². The molecule has 3 aromatic rings. The van der Waals surface area contributed by atoms with Crippen LogP contribution in [0, 0.1) is 5.41 Å². The molecule has 0 fully saturated rings. The van der Waals surface area contributed by atoms with Crippen LogP contribution >= 0.6 is 0 Å². The summed E-state index contributed by atoms with van der Waals surface area (Å²) in [4.78, 5) is 0. The van der Waals surface area contributed by atoms with E-state index in [-0.39, 0.29) is 22.3 Å². The molecule has 146 valence electrons. The number of fused-ring (bicyclic) bond motifs is 1. The average molecular weight is 377 g/mol. The van der Waals surface area contributed by atoms with E-state index in [9.17, 15) is 10.2 Å². The molecule has 28 heavy (non-hydrogen) atoms. The van der Waals surface area contributed by atoms with Gasteiger partial charge in [0.25, 0.3) is 0 Å². The van der Waals surface area contributed by atoms with Crippen molar-refractivity contribution in [3.8, 4) is 11.5 Å². The maximum Gasteiger partial charge on any atom is 0.143 e. The lowest BCUT2D eigenvalue weighted by Gasteiger charge is -2.33. The number of hydrogen-bond acceptors (Lipinski definition) is 4. The summed E-state index contributed by atoms with van der Waals surface area (Å²) in [6.45, 7) is 11.3. The number of phenolic OH excluding ortho intramolecular Hbond substituents is 2. The number of hydrogen-bond donors (Lipinski definition) is 2. The molecule has 0 spiro atoms. The number of phenols is 2. The molecular weight excluding hydrogens is 348 g/mol. The third-order valence-electron chi connectivity index (χ3n) is 4.86. The topological polar surface area (TPSA) is 65.2 Å². The minimum absolute atomic E-state index is 0.0296. The van der Waals surface area contributed by atoms with E-state index in [0.29, 0.717) is 11.4 Å².